The third kappa shape index (κ3) is 3.05. The Balaban J connectivity index is 1.89. The Labute approximate surface area is 156 Å². The van der Waals surface area contributed by atoms with Gasteiger partial charge in [-0.3, -0.25) is 14.0 Å². The summed E-state index contributed by atoms with van der Waals surface area (Å²) in [6, 6.07) is 11.6. The molecule has 7 heteroatoms. The van der Waals surface area contributed by atoms with Gasteiger partial charge in [0.1, 0.15) is 12.0 Å². The maximum absolute atomic E-state index is 13.2. The zero-order valence-electron chi connectivity index (χ0n) is 15.1. The summed E-state index contributed by atoms with van der Waals surface area (Å²) < 4.78 is 1.70. The van der Waals surface area contributed by atoms with Crippen molar-refractivity contribution in [1.29, 1.82) is 0 Å². The van der Waals surface area contributed by atoms with Crippen LogP contribution in [0.25, 0.3) is 16.9 Å². The third-order valence-corrected chi connectivity index (χ3v) is 5.09. The van der Waals surface area contributed by atoms with E-state index in [4.69, 9.17) is 5.73 Å². The van der Waals surface area contributed by atoms with Gasteiger partial charge in [0.15, 0.2) is 11.3 Å². The number of primary amides is 1. The molecule has 1 fully saturated rings. The molecule has 1 saturated heterocycles. The first-order valence-corrected chi connectivity index (χ1v) is 9.10. The van der Waals surface area contributed by atoms with Crippen LogP contribution in [0.2, 0.25) is 0 Å². The fraction of sp³-hybridized carbons (Fsp3) is 0.300. The van der Waals surface area contributed by atoms with Crippen molar-refractivity contribution >= 4 is 17.5 Å². The standard InChI is InChI=1S/C20H21N5O2/c1-13-7-5-6-10-24(13)20(27)15-11-16(14-8-3-2-4-9-14)25-12-22-17(18(21)26)19(25)23-15/h2-4,8-9,11-13H,5-7,10H2,1H3,(H2,21,26). The highest BCUT2D eigenvalue weighted by Crippen LogP contribution is 2.25. The number of carbonyl (C=O) groups excluding carboxylic acids is 2. The van der Waals surface area contributed by atoms with Crippen LogP contribution in [0.15, 0.2) is 42.7 Å². The average Bonchev–Trinajstić information content (AvgIpc) is 3.12. The molecule has 4 rings (SSSR count). The average molecular weight is 363 g/mol. The van der Waals surface area contributed by atoms with Gasteiger partial charge in [-0.1, -0.05) is 30.3 Å². The molecule has 1 aromatic carbocycles. The number of hydrogen-bond donors (Lipinski definition) is 1. The lowest BCUT2D eigenvalue weighted by Gasteiger charge is -2.33. The van der Waals surface area contributed by atoms with Crippen LogP contribution in [0.1, 0.15) is 47.2 Å². The van der Waals surface area contributed by atoms with Gasteiger partial charge in [0, 0.05) is 12.6 Å². The molecular formula is C20H21N5O2. The predicted octanol–water partition coefficient (Wildman–Crippen LogP) is 2.51. The lowest BCUT2D eigenvalue weighted by molar-refractivity contribution is 0.0629. The Hall–Kier alpha value is -3.22. The molecule has 2 aromatic heterocycles. The number of fused-ring (bicyclic) bond motifs is 1. The summed E-state index contributed by atoms with van der Waals surface area (Å²) >= 11 is 0. The highest BCUT2D eigenvalue weighted by Gasteiger charge is 2.27. The van der Waals surface area contributed by atoms with Gasteiger partial charge in [-0.2, -0.15) is 0 Å². The molecule has 3 heterocycles. The van der Waals surface area contributed by atoms with E-state index < -0.39 is 5.91 Å². The first-order valence-electron chi connectivity index (χ1n) is 9.10. The SMILES string of the molecule is CC1CCCCN1C(=O)c1cc(-c2ccccc2)n2cnc(C(N)=O)c2n1. The fourth-order valence-electron chi connectivity index (χ4n) is 3.63. The van der Waals surface area contributed by atoms with Gasteiger partial charge in [0.25, 0.3) is 11.8 Å². The number of rotatable bonds is 3. The molecule has 3 aromatic rings. The quantitative estimate of drug-likeness (QED) is 0.774. The Morgan fingerprint density at radius 3 is 2.67 bits per heavy atom. The number of benzene rings is 1. The van der Waals surface area contributed by atoms with Crippen molar-refractivity contribution in [3.8, 4) is 11.3 Å². The minimum atomic E-state index is -0.667. The summed E-state index contributed by atoms with van der Waals surface area (Å²) in [5.74, 6) is -0.793. The van der Waals surface area contributed by atoms with E-state index in [0.717, 1.165) is 37.1 Å². The van der Waals surface area contributed by atoms with Crippen LogP contribution in [0, 0.1) is 0 Å². The molecule has 0 radical (unpaired) electrons. The number of nitrogens with two attached hydrogens (primary N) is 1. The van der Waals surface area contributed by atoms with Gasteiger partial charge in [-0.25, -0.2) is 9.97 Å². The summed E-state index contributed by atoms with van der Waals surface area (Å²) in [6.07, 6.45) is 4.62. The first kappa shape index (κ1) is 17.2. The van der Waals surface area contributed by atoms with Crippen LogP contribution >= 0.6 is 0 Å². The van der Waals surface area contributed by atoms with Crippen molar-refractivity contribution in [3.63, 3.8) is 0 Å². The zero-order chi connectivity index (χ0) is 19.0. The number of nitrogens with zero attached hydrogens (tertiary/aromatic N) is 4. The number of piperidine rings is 1. The largest absolute Gasteiger partial charge is 0.364 e. The van der Waals surface area contributed by atoms with Gasteiger partial charge < -0.3 is 10.6 Å². The van der Waals surface area contributed by atoms with E-state index in [0.29, 0.717) is 11.3 Å². The Morgan fingerprint density at radius 1 is 1.19 bits per heavy atom. The molecule has 138 valence electrons. The molecule has 1 atom stereocenters. The summed E-state index contributed by atoms with van der Waals surface area (Å²) in [4.78, 5) is 35.4. The van der Waals surface area contributed by atoms with Gasteiger partial charge in [0.05, 0.1) is 5.69 Å². The van der Waals surface area contributed by atoms with E-state index in [2.05, 4.69) is 16.9 Å². The van der Waals surface area contributed by atoms with Crippen LogP contribution in [-0.2, 0) is 0 Å². The lowest BCUT2D eigenvalue weighted by Crippen LogP contribution is -2.42. The highest BCUT2D eigenvalue weighted by molar-refractivity contribution is 5.99. The maximum Gasteiger partial charge on any atom is 0.272 e. The molecule has 7 nitrogen and oxygen atoms in total. The van der Waals surface area contributed by atoms with Crippen LogP contribution < -0.4 is 5.73 Å². The molecule has 0 spiro atoms. The summed E-state index contributed by atoms with van der Waals surface area (Å²) in [7, 11) is 0. The smallest absolute Gasteiger partial charge is 0.272 e. The van der Waals surface area contributed by atoms with E-state index in [1.54, 1.807) is 10.5 Å². The van der Waals surface area contributed by atoms with E-state index in [-0.39, 0.29) is 17.6 Å². The summed E-state index contributed by atoms with van der Waals surface area (Å²) in [5, 5.41) is 0. The van der Waals surface area contributed by atoms with Crippen molar-refractivity contribution < 1.29 is 9.59 Å². The number of aromatic nitrogens is 3. The van der Waals surface area contributed by atoms with Gasteiger partial charge in [0.2, 0.25) is 0 Å². The van der Waals surface area contributed by atoms with E-state index in [1.165, 1.54) is 6.33 Å². The van der Waals surface area contributed by atoms with Gasteiger partial charge in [-0.15, -0.1) is 0 Å². The zero-order valence-corrected chi connectivity index (χ0v) is 15.1. The van der Waals surface area contributed by atoms with E-state index >= 15 is 0 Å². The molecule has 2 amide bonds. The van der Waals surface area contributed by atoms with Crippen molar-refractivity contribution in [1.82, 2.24) is 19.3 Å². The fourth-order valence-corrected chi connectivity index (χ4v) is 3.63. The van der Waals surface area contributed by atoms with E-state index in [1.807, 2.05) is 35.2 Å². The minimum Gasteiger partial charge on any atom is -0.364 e. The highest BCUT2D eigenvalue weighted by atomic mass is 16.2. The summed E-state index contributed by atoms with van der Waals surface area (Å²) in [6.45, 7) is 2.77. The third-order valence-electron chi connectivity index (χ3n) is 5.09. The van der Waals surface area contributed by atoms with Crippen molar-refractivity contribution in [2.75, 3.05) is 6.54 Å². The molecular weight excluding hydrogens is 342 g/mol. The second kappa shape index (κ2) is 6.83. The topological polar surface area (TPSA) is 93.6 Å². The predicted molar refractivity (Wildman–Crippen MR) is 101 cm³/mol. The molecule has 2 N–H and O–H groups in total. The second-order valence-electron chi connectivity index (χ2n) is 6.89. The minimum absolute atomic E-state index is 0.0634. The molecule has 1 aliphatic rings. The molecule has 27 heavy (non-hydrogen) atoms. The lowest BCUT2D eigenvalue weighted by atomic mass is 10.0. The second-order valence-corrected chi connectivity index (χ2v) is 6.89. The number of imidazole rings is 1. The van der Waals surface area contributed by atoms with Crippen LogP contribution in [0.5, 0.6) is 0 Å². The van der Waals surface area contributed by atoms with Gasteiger partial charge in [-0.05, 0) is 37.8 Å². The Morgan fingerprint density at radius 2 is 1.96 bits per heavy atom. The summed E-state index contributed by atoms with van der Waals surface area (Å²) in [5.41, 5.74) is 7.77. The number of carbonyl (C=O) groups is 2. The number of amides is 2. The normalized spacial score (nSPS) is 17.2. The molecule has 0 bridgehead atoms. The molecule has 0 aliphatic carbocycles. The monoisotopic (exact) mass is 363 g/mol. The van der Waals surface area contributed by atoms with Gasteiger partial charge >= 0.3 is 0 Å². The Bertz CT molecular complexity index is 1010. The number of hydrogen-bond acceptors (Lipinski definition) is 4. The number of likely N-dealkylation sites (tertiary alicyclic amines) is 1. The molecule has 1 unspecified atom stereocenters. The molecule has 0 saturated carbocycles. The van der Waals surface area contributed by atoms with E-state index in [9.17, 15) is 9.59 Å². The Kier molecular flexibility index (Phi) is 4.35. The van der Waals surface area contributed by atoms with Crippen molar-refractivity contribution in [2.24, 2.45) is 5.73 Å². The van der Waals surface area contributed by atoms with Crippen molar-refractivity contribution in [2.45, 2.75) is 32.2 Å². The molecule has 1 aliphatic heterocycles. The van der Waals surface area contributed by atoms with Crippen LogP contribution in [0.4, 0.5) is 0 Å². The first-order chi connectivity index (χ1) is 13.1. The van der Waals surface area contributed by atoms with Crippen LogP contribution in [-0.4, -0.2) is 43.7 Å². The maximum atomic E-state index is 13.2. The van der Waals surface area contributed by atoms with Crippen molar-refractivity contribution in [3.05, 3.63) is 54.1 Å². The van der Waals surface area contributed by atoms with Crippen LogP contribution in [0.3, 0.4) is 0 Å².